The Morgan fingerprint density at radius 2 is 1.69 bits per heavy atom. The standard InChI is InChI=1S/C11H14ClNO2S/c12-9-10-1-3-11(4-2-10)13-5-7-16(14,15)8-6-13/h1-4H,5-9H2. The van der Waals surface area contributed by atoms with Crippen LogP contribution in [0.3, 0.4) is 0 Å². The Kier molecular flexibility index (Phi) is 3.40. The zero-order valence-electron chi connectivity index (χ0n) is 8.89. The van der Waals surface area contributed by atoms with Gasteiger partial charge < -0.3 is 4.90 Å². The first-order valence-electron chi connectivity index (χ1n) is 5.21. The molecule has 1 fully saturated rings. The van der Waals surface area contributed by atoms with Gasteiger partial charge in [-0.05, 0) is 17.7 Å². The summed E-state index contributed by atoms with van der Waals surface area (Å²) >= 11 is 5.71. The van der Waals surface area contributed by atoms with Crippen LogP contribution in [-0.4, -0.2) is 33.0 Å². The third kappa shape index (κ3) is 2.68. The van der Waals surface area contributed by atoms with E-state index in [9.17, 15) is 8.42 Å². The van der Waals surface area contributed by atoms with Gasteiger partial charge in [-0.3, -0.25) is 0 Å². The van der Waals surface area contributed by atoms with Gasteiger partial charge in [-0.25, -0.2) is 8.42 Å². The van der Waals surface area contributed by atoms with Gasteiger partial charge in [-0.15, -0.1) is 11.6 Å². The minimum absolute atomic E-state index is 0.254. The van der Waals surface area contributed by atoms with E-state index < -0.39 is 9.84 Å². The van der Waals surface area contributed by atoms with Gasteiger partial charge in [-0.2, -0.15) is 0 Å². The molecule has 3 nitrogen and oxygen atoms in total. The molecule has 0 N–H and O–H groups in total. The van der Waals surface area contributed by atoms with Gasteiger partial charge in [0.15, 0.2) is 9.84 Å². The number of sulfone groups is 1. The van der Waals surface area contributed by atoms with E-state index in [1.165, 1.54) is 0 Å². The molecule has 0 unspecified atom stereocenters. The van der Waals surface area contributed by atoms with Crippen molar-refractivity contribution in [2.45, 2.75) is 5.88 Å². The van der Waals surface area contributed by atoms with Crippen molar-refractivity contribution in [3.05, 3.63) is 29.8 Å². The summed E-state index contributed by atoms with van der Waals surface area (Å²) < 4.78 is 22.6. The number of rotatable bonds is 2. The van der Waals surface area contributed by atoms with Gasteiger partial charge in [0.05, 0.1) is 11.5 Å². The average Bonchev–Trinajstić information content (AvgIpc) is 2.29. The second kappa shape index (κ2) is 4.63. The minimum atomic E-state index is -2.80. The molecular weight excluding hydrogens is 246 g/mol. The predicted molar refractivity (Wildman–Crippen MR) is 66.9 cm³/mol. The van der Waals surface area contributed by atoms with E-state index in [2.05, 4.69) is 4.90 Å². The monoisotopic (exact) mass is 259 g/mol. The molecule has 2 rings (SSSR count). The van der Waals surface area contributed by atoms with Gasteiger partial charge in [0.2, 0.25) is 0 Å². The average molecular weight is 260 g/mol. The van der Waals surface area contributed by atoms with E-state index in [0.717, 1.165) is 11.3 Å². The highest BCUT2D eigenvalue weighted by atomic mass is 35.5. The van der Waals surface area contributed by atoms with Crippen LogP contribution in [0.15, 0.2) is 24.3 Å². The summed E-state index contributed by atoms with van der Waals surface area (Å²) in [7, 11) is -2.80. The first-order valence-corrected chi connectivity index (χ1v) is 7.56. The lowest BCUT2D eigenvalue weighted by Gasteiger charge is -2.28. The SMILES string of the molecule is O=S1(=O)CCN(c2ccc(CCl)cc2)CC1. The molecule has 1 aromatic rings. The van der Waals surface area contributed by atoms with E-state index in [-0.39, 0.29) is 11.5 Å². The number of alkyl halides is 1. The molecule has 0 amide bonds. The molecule has 5 heteroatoms. The Morgan fingerprint density at radius 1 is 1.12 bits per heavy atom. The fourth-order valence-electron chi connectivity index (χ4n) is 1.77. The molecule has 0 aromatic heterocycles. The number of hydrogen-bond acceptors (Lipinski definition) is 3. The Hall–Kier alpha value is -0.740. The first-order chi connectivity index (χ1) is 7.61. The van der Waals surface area contributed by atoms with Crippen molar-refractivity contribution in [3.8, 4) is 0 Å². The second-order valence-electron chi connectivity index (χ2n) is 3.94. The summed E-state index contributed by atoms with van der Waals surface area (Å²) in [6.45, 7) is 1.17. The van der Waals surface area contributed by atoms with Crippen LogP contribution >= 0.6 is 11.6 Å². The first kappa shape index (κ1) is 11.7. The number of halogens is 1. The lowest BCUT2D eigenvalue weighted by molar-refractivity contribution is 0.587. The molecule has 1 heterocycles. The van der Waals surface area contributed by atoms with Gasteiger partial charge in [-0.1, -0.05) is 12.1 Å². The number of anilines is 1. The molecule has 1 aromatic carbocycles. The highest BCUT2D eigenvalue weighted by Crippen LogP contribution is 2.18. The zero-order valence-corrected chi connectivity index (χ0v) is 10.5. The van der Waals surface area contributed by atoms with Crippen LogP contribution in [0.25, 0.3) is 0 Å². The van der Waals surface area contributed by atoms with Crippen LogP contribution in [0, 0.1) is 0 Å². The van der Waals surface area contributed by atoms with Crippen molar-refractivity contribution in [1.29, 1.82) is 0 Å². The Balaban J connectivity index is 2.08. The maximum Gasteiger partial charge on any atom is 0.153 e. The smallest absolute Gasteiger partial charge is 0.153 e. The maximum atomic E-state index is 11.3. The molecule has 88 valence electrons. The molecule has 0 aliphatic carbocycles. The topological polar surface area (TPSA) is 37.4 Å². The molecule has 16 heavy (non-hydrogen) atoms. The summed E-state index contributed by atoms with van der Waals surface area (Å²) in [5, 5.41) is 0. The second-order valence-corrected chi connectivity index (χ2v) is 6.51. The van der Waals surface area contributed by atoms with Gasteiger partial charge in [0.1, 0.15) is 0 Å². The fraction of sp³-hybridized carbons (Fsp3) is 0.455. The Bertz CT molecular complexity index is 441. The van der Waals surface area contributed by atoms with Gasteiger partial charge in [0, 0.05) is 24.7 Å². The molecule has 1 saturated heterocycles. The summed E-state index contributed by atoms with van der Waals surface area (Å²) in [4.78, 5) is 2.10. The quantitative estimate of drug-likeness (QED) is 0.758. The van der Waals surface area contributed by atoms with Crippen LogP contribution in [0.4, 0.5) is 5.69 Å². The summed E-state index contributed by atoms with van der Waals surface area (Å²) in [6, 6.07) is 7.95. The van der Waals surface area contributed by atoms with E-state index in [1.807, 2.05) is 24.3 Å². The van der Waals surface area contributed by atoms with Crippen LogP contribution < -0.4 is 4.90 Å². The highest BCUT2D eigenvalue weighted by molar-refractivity contribution is 7.91. The van der Waals surface area contributed by atoms with Crippen molar-refractivity contribution >= 4 is 27.1 Å². The third-order valence-corrected chi connectivity index (χ3v) is 4.72. The van der Waals surface area contributed by atoms with E-state index in [1.54, 1.807) is 0 Å². The number of hydrogen-bond donors (Lipinski definition) is 0. The zero-order chi connectivity index (χ0) is 11.6. The fourth-order valence-corrected chi connectivity index (χ4v) is 3.15. The van der Waals surface area contributed by atoms with Gasteiger partial charge >= 0.3 is 0 Å². The Morgan fingerprint density at radius 3 is 2.19 bits per heavy atom. The lowest BCUT2D eigenvalue weighted by Crippen LogP contribution is -2.40. The van der Waals surface area contributed by atoms with Crippen LogP contribution in [0.5, 0.6) is 0 Å². The molecule has 0 saturated carbocycles. The number of nitrogens with zero attached hydrogens (tertiary/aromatic N) is 1. The van der Waals surface area contributed by atoms with Gasteiger partial charge in [0.25, 0.3) is 0 Å². The molecule has 0 spiro atoms. The molecule has 1 aliphatic heterocycles. The molecule has 0 bridgehead atoms. The van der Waals surface area contributed by atoms with Crippen LogP contribution in [0.2, 0.25) is 0 Å². The maximum absolute atomic E-state index is 11.3. The highest BCUT2D eigenvalue weighted by Gasteiger charge is 2.21. The van der Waals surface area contributed by atoms with Crippen molar-refractivity contribution in [3.63, 3.8) is 0 Å². The van der Waals surface area contributed by atoms with E-state index in [4.69, 9.17) is 11.6 Å². The summed E-state index contributed by atoms with van der Waals surface area (Å²) in [5.74, 6) is 1.02. The Labute approximate surface area is 101 Å². The molecule has 1 aliphatic rings. The van der Waals surface area contributed by atoms with E-state index >= 15 is 0 Å². The predicted octanol–water partition coefficient (Wildman–Crippen LogP) is 1.66. The third-order valence-electron chi connectivity index (χ3n) is 2.80. The van der Waals surface area contributed by atoms with Crippen molar-refractivity contribution in [1.82, 2.24) is 0 Å². The molecule has 0 radical (unpaired) electrons. The molecule has 0 atom stereocenters. The van der Waals surface area contributed by atoms with Crippen LogP contribution in [-0.2, 0) is 15.7 Å². The van der Waals surface area contributed by atoms with Crippen molar-refractivity contribution in [2.75, 3.05) is 29.5 Å². The van der Waals surface area contributed by atoms with Crippen LogP contribution in [0.1, 0.15) is 5.56 Å². The van der Waals surface area contributed by atoms with Crippen molar-refractivity contribution in [2.24, 2.45) is 0 Å². The molecular formula is C11H14ClNO2S. The summed E-state index contributed by atoms with van der Waals surface area (Å²) in [5.41, 5.74) is 2.15. The number of benzene rings is 1. The lowest BCUT2D eigenvalue weighted by atomic mass is 10.2. The normalized spacial score (nSPS) is 19.7. The van der Waals surface area contributed by atoms with E-state index in [0.29, 0.717) is 19.0 Å². The van der Waals surface area contributed by atoms with Crippen molar-refractivity contribution < 1.29 is 8.42 Å². The summed E-state index contributed by atoms with van der Waals surface area (Å²) in [6.07, 6.45) is 0. The minimum Gasteiger partial charge on any atom is -0.369 e. The largest absolute Gasteiger partial charge is 0.369 e.